The van der Waals surface area contributed by atoms with E-state index in [1.165, 1.54) is 0 Å². The van der Waals surface area contributed by atoms with Crippen LogP contribution in [0.5, 0.6) is 0 Å². The van der Waals surface area contributed by atoms with E-state index in [1.807, 2.05) is 60.7 Å². The Balaban J connectivity index is 0.000000189. The molecular formula is C23H15IrN3-2. The molecule has 3 nitrogen and oxygen atoms in total. The molecule has 0 aliphatic heterocycles. The van der Waals surface area contributed by atoms with E-state index >= 15 is 0 Å². The third-order valence-corrected chi connectivity index (χ3v) is 3.52. The zero-order chi connectivity index (χ0) is 18.0. The molecule has 27 heavy (non-hydrogen) atoms. The molecule has 0 fully saturated rings. The molecule has 0 atom stereocenters. The number of rotatable bonds is 2. The van der Waals surface area contributed by atoms with E-state index in [0.29, 0.717) is 5.56 Å². The fraction of sp³-hybridized carbons (Fsp3) is 0. The van der Waals surface area contributed by atoms with Crippen LogP contribution < -0.4 is 0 Å². The number of pyridine rings is 2. The Bertz CT molecular complexity index is 945. The minimum atomic E-state index is 0. The van der Waals surface area contributed by atoms with Crippen LogP contribution in [0.1, 0.15) is 5.56 Å². The van der Waals surface area contributed by atoms with E-state index in [1.54, 1.807) is 30.6 Å². The van der Waals surface area contributed by atoms with Crippen molar-refractivity contribution < 1.29 is 20.1 Å². The minimum absolute atomic E-state index is 0. The smallest absolute Gasteiger partial charge is 0.0789 e. The fourth-order valence-corrected chi connectivity index (χ4v) is 2.28. The Labute approximate surface area is 172 Å². The van der Waals surface area contributed by atoms with Crippen molar-refractivity contribution in [1.82, 2.24) is 9.97 Å². The largest absolute Gasteiger partial charge is 0.305 e. The van der Waals surface area contributed by atoms with Crippen molar-refractivity contribution in [2.24, 2.45) is 0 Å². The van der Waals surface area contributed by atoms with Gasteiger partial charge in [0.1, 0.15) is 0 Å². The van der Waals surface area contributed by atoms with Gasteiger partial charge in [-0.2, -0.15) is 5.26 Å². The van der Waals surface area contributed by atoms with Crippen LogP contribution in [0.4, 0.5) is 0 Å². The molecule has 0 saturated carbocycles. The molecule has 2 aromatic carbocycles. The van der Waals surface area contributed by atoms with E-state index in [0.717, 1.165) is 22.5 Å². The van der Waals surface area contributed by atoms with Gasteiger partial charge in [0.2, 0.25) is 0 Å². The Kier molecular flexibility index (Phi) is 8.06. The second kappa shape index (κ2) is 10.8. The monoisotopic (exact) mass is 526 g/mol. The number of aromatic nitrogens is 2. The molecule has 0 aliphatic rings. The molecule has 0 amide bonds. The van der Waals surface area contributed by atoms with Gasteiger partial charge in [-0.15, -0.1) is 65.7 Å². The molecule has 1 radical (unpaired) electrons. The first-order valence-electron chi connectivity index (χ1n) is 8.08. The molecule has 0 saturated heterocycles. The van der Waals surface area contributed by atoms with Crippen LogP contribution in [-0.4, -0.2) is 9.97 Å². The van der Waals surface area contributed by atoms with Crippen LogP contribution in [0.3, 0.4) is 0 Å². The maximum absolute atomic E-state index is 8.72. The van der Waals surface area contributed by atoms with Crippen LogP contribution in [0.25, 0.3) is 22.5 Å². The number of nitriles is 1. The van der Waals surface area contributed by atoms with Gasteiger partial charge >= 0.3 is 0 Å². The average molecular weight is 526 g/mol. The van der Waals surface area contributed by atoms with Crippen molar-refractivity contribution in [3.63, 3.8) is 0 Å². The van der Waals surface area contributed by atoms with Gasteiger partial charge in [0.05, 0.1) is 6.07 Å². The normalized spacial score (nSPS) is 9.15. The van der Waals surface area contributed by atoms with Gasteiger partial charge in [0.15, 0.2) is 0 Å². The summed E-state index contributed by atoms with van der Waals surface area (Å²) in [4.78, 5) is 8.40. The first-order chi connectivity index (χ1) is 12.9. The van der Waals surface area contributed by atoms with Crippen LogP contribution in [0.15, 0.2) is 91.3 Å². The van der Waals surface area contributed by atoms with Gasteiger partial charge < -0.3 is 9.97 Å². The van der Waals surface area contributed by atoms with Crippen molar-refractivity contribution in [2.75, 3.05) is 0 Å². The van der Waals surface area contributed by atoms with Crippen molar-refractivity contribution in [2.45, 2.75) is 0 Å². The van der Waals surface area contributed by atoms with E-state index in [9.17, 15) is 0 Å². The van der Waals surface area contributed by atoms with Crippen LogP contribution in [0.2, 0.25) is 0 Å². The Morgan fingerprint density at radius 3 is 1.89 bits per heavy atom. The van der Waals surface area contributed by atoms with Crippen LogP contribution in [0, 0.1) is 23.5 Å². The maximum Gasteiger partial charge on any atom is 0.0789 e. The second-order valence-electron chi connectivity index (χ2n) is 5.31. The number of nitrogens with zero attached hydrogens (tertiary/aromatic N) is 3. The van der Waals surface area contributed by atoms with Gasteiger partial charge in [-0.1, -0.05) is 24.3 Å². The number of benzene rings is 2. The van der Waals surface area contributed by atoms with Crippen molar-refractivity contribution in [1.29, 1.82) is 5.26 Å². The van der Waals surface area contributed by atoms with E-state index in [4.69, 9.17) is 5.26 Å². The van der Waals surface area contributed by atoms with Gasteiger partial charge in [0, 0.05) is 32.5 Å². The molecule has 0 N–H and O–H groups in total. The van der Waals surface area contributed by atoms with Crippen LogP contribution >= 0.6 is 0 Å². The molecule has 0 unspecified atom stereocenters. The average Bonchev–Trinajstić information content (AvgIpc) is 2.76. The first-order valence-corrected chi connectivity index (χ1v) is 8.08. The second-order valence-corrected chi connectivity index (χ2v) is 5.31. The summed E-state index contributed by atoms with van der Waals surface area (Å²) >= 11 is 0. The SMILES string of the molecule is N#Cc1cc[c-]c(-c2ccccn2)c1.[Ir].[c-]1ccccc1-c1ccccn1. The summed E-state index contributed by atoms with van der Waals surface area (Å²) in [6.07, 6.45) is 3.51. The molecular weight excluding hydrogens is 510 g/mol. The summed E-state index contributed by atoms with van der Waals surface area (Å²) < 4.78 is 0. The van der Waals surface area contributed by atoms with Gasteiger partial charge in [-0.3, -0.25) is 0 Å². The molecule has 0 aliphatic carbocycles. The molecule has 4 aromatic rings. The number of hydrogen-bond donors (Lipinski definition) is 0. The predicted octanol–water partition coefficient (Wildman–Crippen LogP) is 4.97. The zero-order valence-electron chi connectivity index (χ0n) is 14.3. The van der Waals surface area contributed by atoms with E-state index < -0.39 is 0 Å². The predicted molar refractivity (Wildman–Crippen MR) is 102 cm³/mol. The Morgan fingerprint density at radius 2 is 1.33 bits per heavy atom. The minimum Gasteiger partial charge on any atom is -0.305 e. The van der Waals surface area contributed by atoms with Gasteiger partial charge in [-0.25, -0.2) is 0 Å². The molecule has 133 valence electrons. The van der Waals surface area contributed by atoms with E-state index in [-0.39, 0.29) is 20.1 Å². The topological polar surface area (TPSA) is 49.6 Å². The molecule has 4 rings (SSSR count). The maximum atomic E-state index is 8.72. The summed E-state index contributed by atoms with van der Waals surface area (Å²) in [6, 6.07) is 32.9. The molecule has 4 heteroatoms. The summed E-state index contributed by atoms with van der Waals surface area (Å²) in [5, 5.41) is 8.72. The molecule has 0 bridgehead atoms. The van der Waals surface area contributed by atoms with Gasteiger partial charge in [0.25, 0.3) is 0 Å². The zero-order valence-corrected chi connectivity index (χ0v) is 16.7. The summed E-state index contributed by atoms with van der Waals surface area (Å²) in [5.74, 6) is 0. The van der Waals surface area contributed by atoms with Crippen LogP contribution in [-0.2, 0) is 20.1 Å². The van der Waals surface area contributed by atoms with E-state index in [2.05, 4.69) is 28.2 Å². The molecule has 2 aromatic heterocycles. The van der Waals surface area contributed by atoms with Crippen molar-refractivity contribution >= 4 is 0 Å². The van der Waals surface area contributed by atoms with Gasteiger partial charge in [-0.05, 0) is 29.1 Å². The van der Waals surface area contributed by atoms with Crippen molar-refractivity contribution in [3.8, 4) is 28.6 Å². The first kappa shape index (κ1) is 20.2. The van der Waals surface area contributed by atoms with Crippen molar-refractivity contribution in [3.05, 3.63) is 109 Å². The summed E-state index contributed by atoms with van der Waals surface area (Å²) in [5.41, 5.74) is 4.33. The standard InChI is InChI=1S/C12H7N2.C11H8N.Ir/c13-9-10-4-3-5-11(8-10)12-6-1-2-7-14-12;1-2-6-10(7-3-1)11-8-4-5-9-12-11;/h1-4,6-8H;1-6,8-9H;/q2*-1;. The number of hydrogen-bond acceptors (Lipinski definition) is 3. The summed E-state index contributed by atoms with van der Waals surface area (Å²) in [7, 11) is 0. The Hall–Kier alpha value is -3.12. The third kappa shape index (κ3) is 5.97. The quantitative estimate of drug-likeness (QED) is 0.348. The fourth-order valence-electron chi connectivity index (χ4n) is 2.28. The summed E-state index contributed by atoms with van der Waals surface area (Å²) in [6.45, 7) is 0. The molecule has 2 heterocycles. The Morgan fingerprint density at radius 1 is 0.704 bits per heavy atom. The molecule has 0 spiro atoms. The third-order valence-electron chi connectivity index (χ3n) is 3.52.